The van der Waals surface area contributed by atoms with Gasteiger partial charge in [-0.2, -0.15) is 0 Å². The molecule has 39 heavy (non-hydrogen) atoms. The standard InChI is InChI=1S/C26H29N5O6S2/c1-38(33,34)21-8-6-18(7-9-21)16-30-22-15-27-24(28-25(22)29-11-12-37-17-23(29)26(30)32)19-4-2-5-20(14-19)31-10-3-13-39(31,35)36/h2,4-9,14-15,23,35-36H,3,10-13,16-17H2,1H3. The number of amides is 1. The molecule has 0 aliphatic carbocycles. The van der Waals surface area contributed by atoms with Gasteiger partial charge in [0.25, 0.3) is 5.91 Å². The SMILES string of the molecule is CS(=O)(=O)c1ccc(CN2C(=O)C3COCCN3c3nc(-c4cccc(N5CCCS5(O)O)c4)ncc32)cc1. The lowest BCUT2D eigenvalue weighted by molar-refractivity contribution is -0.122. The Labute approximate surface area is 228 Å². The first-order valence-corrected chi connectivity index (χ1v) is 16.1. The summed E-state index contributed by atoms with van der Waals surface area (Å²) < 4.78 is 51.9. The quantitative estimate of drug-likeness (QED) is 0.470. The van der Waals surface area contributed by atoms with Crippen LogP contribution in [0.15, 0.2) is 59.6 Å². The van der Waals surface area contributed by atoms with Gasteiger partial charge in [0.15, 0.2) is 21.5 Å². The number of hydrogen-bond donors (Lipinski definition) is 2. The van der Waals surface area contributed by atoms with Gasteiger partial charge in [-0.15, -0.1) is 10.8 Å². The number of morpholine rings is 1. The van der Waals surface area contributed by atoms with Crippen LogP contribution in [0.2, 0.25) is 0 Å². The van der Waals surface area contributed by atoms with Gasteiger partial charge < -0.3 is 14.5 Å². The lowest BCUT2D eigenvalue weighted by Crippen LogP contribution is -2.58. The third-order valence-electron chi connectivity index (χ3n) is 7.21. The van der Waals surface area contributed by atoms with Gasteiger partial charge in [0.05, 0.1) is 42.3 Å². The molecule has 3 aromatic rings. The van der Waals surface area contributed by atoms with Crippen molar-refractivity contribution in [2.75, 3.05) is 52.4 Å². The van der Waals surface area contributed by atoms with Gasteiger partial charge in [0.2, 0.25) is 0 Å². The van der Waals surface area contributed by atoms with Gasteiger partial charge in [0, 0.05) is 24.9 Å². The Morgan fingerprint density at radius 1 is 1.13 bits per heavy atom. The van der Waals surface area contributed by atoms with Crippen LogP contribution in [0.1, 0.15) is 12.0 Å². The summed E-state index contributed by atoms with van der Waals surface area (Å²) in [6, 6.07) is 13.4. The molecule has 6 rings (SSSR count). The lowest BCUT2D eigenvalue weighted by Gasteiger charge is -2.44. The van der Waals surface area contributed by atoms with Crippen LogP contribution in [0, 0.1) is 0 Å². The molecule has 0 bridgehead atoms. The zero-order valence-corrected chi connectivity index (χ0v) is 22.9. The van der Waals surface area contributed by atoms with E-state index >= 15 is 0 Å². The maximum absolute atomic E-state index is 13.6. The Kier molecular flexibility index (Phi) is 6.50. The van der Waals surface area contributed by atoms with Crippen molar-refractivity contribution in [2.45, 2.75) is 23.9 Å². The summed E-state index contributed by atoms with van der Waals surface area (Å²) in [5.74, 6) is 1.30. The normalized spacial score (nSPS) is 21.5. The number of hydrogen-bond acceptors (Lipinski definition) is 10. The first-order chi connectivity index (χ1) is 18.6. The number of rotatable bonds is 5. The monoisotopic (exact) mass is 571 g/mol. The van der Waals surface area contributed by atoms with Crippen molar-refractivity contribution in [1.82, 2.24) is 9.97 Å². The van der Waals surface area contributed by atoms with Crippen LogP contribution in [0.4, 0.5) is 17.2 Å². The van der Waals surface area contributed by atoms with Crippen molar-refractivity contribution in [1.29, 1.82) is 0 Å². The van der Waals surface area contributed by atoms with Crippen molar-refractivity contribution in [3.8, 4) is 11.4 Å². The predicted octanol–water partition coefficient (Wildman–Crippen LogP) is 3.17. The number of benzene rings is 2. The third kappa shape index (κ3) is 4.85. The fourth-order valence-electron chi connectivity index (χ4n) is 5.21. The molecule has 206 valence electrons. The average Bonchev–Trinajstić information content (AvgIpc) is 3.29. The fraction of sp³-hybridized carbons (Fsp3) is 0.346. The molecule has 0 spiro atoms. The second-order valence-corrected chi connectivity index (χ2v) is 14.0. The molecular weight excluding hydrogens is 542 g/mol. The molecule has 1 aromatic heterocycles. The van der Waals surface area contributed by atoms with E-state index in [4.69, 9.17) is 9.72 Å². The number of fused-ring (bicyclic) bond motifs is 3. The first kappa shape index (κ1) is 26.0. The largest absolute Gasteiger partial charge is 0.377 e. The highest BCUT2D eigenvalue weighted by Gasteiger charge is 2.41. The minimum Gasteiger partial charge on any atom is -0.377 e. The van der Waals surface area contributed by atoms with Gasteiger partial charge in [-0.3, -0.25) is 18.2 Å². The Hall–Kier alpha value is -3.23. The Bertz CT molecular complexity index is 1530. The Balaban J connectivity index is 1.36. The minimum atomic E-state index is -3.33. The molecule has 2 fully saturated rings. The molecule has 0 saturated carbocycles. The van der Waals surface area contributed by atoms with Crippen molar-refractivity contribution >= 4 is 43.7 Å². The number of anilines is 3. The smallest absolute Gasteiger partial charge is 0.252 e. The number of nitrogens with zero attached hydrogens (tertiary/aromatic N) is 5. The van der Waals surface area contributed by atoms with Crippen molar-refractivity contribution < 1.29 is 27.1 Å². The van der Waals surface area contributed by atoms with E-state index in [0.29, 0.717) is 54.9 Å². The molecular formula is C26H29N5O6S2. The number of ether oxygens (including phenoxy) is 1. The molecule has 2 aromatic carbocycles. The Morgan fingerprint density at radius 3 is 2.64 bits per heavy atom. The summed E-state index contributed by atoms with van der Waals surface area (Å²) in [5, 5.41) is 0. The topological polar surface area (TPSA) is 136 Å². The second kappa shape index (κ2) is 9.75. The van der Waals surface area contributed by atoms with E-state index in [0.717, 1.165) is 17.4 Å². The summed E-state index contributed by atoms with van der Waals surface area (Å²) in [7, 11) is -6.16. The van der Waals surface area contributed by atoms with E-state index < -0.39 is 26.7 Å². The van der Waals surface area contributed by atoms with E-state index in [-0.39, 0.29) is 24.0 Å². The molecule has 2 N–H and O–H groups in total. The molecule has 3 aliphatic rings. The van der Waals surface area contributed by atoms with Crippen LogP contribution in [-0.4, -0.2) is 77.8 Å². The van der Waals surface area contributed by atoms with Crippen LogP contribution in [-0.2, 0) is 25.9 Å². The van der Waals surface area contributed by atoms with Crippen LogP contribution in [0.25, 0.3) is 11.4 Å². The molecule has 3 aliphatic heterocycles. The molecule has 1 amide bonds. The van der Waals surface area contributed by atoms with Crippen molar-refractivity contribution in [2.24, 2.45) is 0 Å². The summed E-state index contributed by atoms with van der Waals surface area (Å²) >= 11 is 0. The fourth-order valence-corrected chi connectivity index (χ4v) is 7.45. The van der Waals surface area contributed by atoms with E-state index in [1.54, 1.807) is 27.5 Å². The first-order valence-electron chi connectivity index (χ1n) is 12.6. The highest BCUT2D eigenvalue weighted by molar-refractivity contribution is 8.25. The minimum absolute atomic E-state index is 0.132. The van der Waals surface area contributed by atoms with E-state index in [1.807, 2.05) is 29.2 Å². The Morgan fingerprint density at radius 2 is 1.92 bits per heavy atom. The predicted molar refractivity (Wildman–Crippen MR) is 150 cm³/mol. The van der Waals surface area contributed by atoms with Gasteiger partial charge in [-0.25, -0.2) is 18.4 Å². The van der Waals surface area contributed by atoms with Crippen molar-refractivity contribution in [3.63, 3.8) is 0 Å². The summed E-state index contributed by atoms with van der Waals surface area (Å²) in [6.45, 7) is 2.01. The van der Waals surface area contributed by atoms with E-state index in [2.05, 4.69) is 4.98 Å². The van der Waals surface area contributed by atoms with Gasteiger partial charge >= 0.3 is 0 Å². The van der Waals surface area contributed by atoms with Gasteiger partial charge in [-0.05, 0) is 36.2 Å². The number of aromatic nitrogens is 2. The number of sulfone groups is 1. The molecule has 1 atom stereocenters. The van der Waals surface area contributed by atoms with Gasteiger partial charge in [0.1, 0.15) is 11.7 Å². The summed E-state index contributed by atoms with van der Waals surface area (Å²) in [6.07, 6.45) is 3.51. The highest BCUT2D eigenvalue weighted by atomic mass is 32.3. The van der Waals surface area contributed by atoms with Crippen LogP contribution < -0.4 is 14.1 Å². The maximum atomic E-state index is 13.6. The second-order valence-electron chi connectivity index (χ2n) is 9.87. The lowest BCUT2D eigenvalue weighted by atomic mass is 10.1. The summed E-state index contributed by atoms with van der Waals surface area (Å²) in [4.78, 5) is 26.9. The molecule has 4 heterocycles. The zero-order chi connectivity index (χ0) is 27.4. The maximum Gasteiger partial charge on any atom is 0.252 e. The average molecular weight is 572 g/mol. The third-order valence-corrected chi connectivity index (χ3v) is 10.3. The van der Waals surface area contributed by atoms with Crippen LogP contribution >= 0.6 is 10.8 Å². The van der Waals surface area contributed by atoms with Crippen LogP contribution in [0.3, 0.4) is 0 Å². The molecule has 1 unspecified atom stereocenters. The molecule has 2 saturated heterocycles. The van der Waals surface area contributed by atoms with E-state index in [1.165, 1.54) is 12.1 Å². The van der Waals surface area contributed by atoms with E-state index in [9.17, 15) is 22.3 Å². The molecule has 13 heteroatoms. The number of carbonyl (C=O) groups is 1. The van der Waals surface area contributed by atoms with Gasteiger partial charge in [-0.1, -0.05) is 24.3 Å². The highest BCUT2D eigenvalue weighted by Crippen LogP contribution is 2.51. The number of carbonyl (C=O) groups excluding carboxylic acids is 1. The van der Waals surface area contributed by atoms with Crippen LogP contribution in [0.5, 0.6) is 0 Å². The summed E-state index contributed by atoms with van der Waals surface area (Å²) in [5.41, 5.74) is 2.76. The molecule has 11 nitrogen and oxygen atoms in total. The van der Waals surface area contributed by atoms with Crippen molar-refractivity contribution in [3.05, 3.63) is 60.3 Å². The zero-order valence-electron chi connectivity index (χ0n) is 21.3. The molecule has 0 radical (unpaired) electrons.